The molecule has 1 amide bonds. The van der Waals surface area contributed by atoms with Crippen molar-refractivity contribution in [1.29, 1.82) is 0 Å². The van der Waals surface area contributed by atoms with Crippen LogP contribution in [0.2, 0.25) is 5.02 Å². The fourth-order valence-electron chi connectivity index (χ4n) is 3.81. The van der Waals surface area contributed by atoms with E-state index in [-0.39, 0.29) is 24.0 Å². The van der Waals surface area contributed by atoms with Gasteiger partial charge in [0.15, 0.2) is 0 Å². The van der Waals surface area contributed by atoms with Crippen LogP contribution in [-0.4, -0.2) is 43.8 Å². The van der Waals surface area contributed by atoms with E-state index in [2.05, 4.69) is 30.8 Å². The highest BCUT2D eigenvalue weighted by Crippen LogP contribution is 2.48. The predicted molar refractivity (Wildman–Crippen MR) is 125 cm³/mol. The van der Waals surface area contributed by atoms with E-state index in [0.717, 1.165) is 38.8 Å². The number of aliphatic hydroxyl groups is 1. The number of thiophene rings is 1. The minimum Gasteiger partial charge on any atom is -0.396 e. The third-order valence-corrected chi connectivity index (χ3v) is 7.55. The molecule has 3 aromatic heterocycles. The van der Waals surface area contributed by atoms with E-state index in [4.69, 9.17) is 11.6 Å². The van der Waals surface area contributed by atoms with Crippen molar-refractivity contribution in [2.75, 3.05) is 11.9 Å². The molecule has 3 N–H and O–H groups in total. The summed E-state index contributed by atoms with van der Waals surface area (Å²) in [5.74, 6) is 0.481. The number of rotatable bonds is 7. The third kappa shape index (κ3) is 3.76. The molecule has 1 aromatic carbocycles. The first-order valence-electron chi connectivity index (χ1n) is 10.3. The summed E-state index contributed by atoms with van der Waals surface area (Å²) in [7, 11) is 0. The first-order valence-corrected chi connectivity index (χ1v) is 11.5. The molecular weight excluding hydrogens is 448 g/mol. The fraction of sp³-hybridized carbons (Fsp3) is 0.318. The number of aliphatic hydroxyl groups excluding tert-OH is 1. The predicted octanol–water partition coefficient (Wildman–Crippen LogP) is 3.79. The zero-order valence-electron chi connectivity index (χ0n) is 17.3. The van der Waals surface area contributed by atoms with Crippen LogP contribution in [0.15, 0.2) is 36.8 Å². The molecule has 32 heavy (non-hydrogen) atoms. The largest absolute Gasteiger partial charge is 0.396 e. The van der Waals surface area contributed by atoms with Crippen LogP contribution in [0.3, 0.4) is 0 Å². The SMILES string of the molecule is CC(NC(=O)c1ccc(CNc2ncnc3c2sc2nnccc23)cc1Cl)C1(CO)CC1. The van der Waals surface area contributed by atoms with Crippen molar-refractivity contribution in [3.63, 3.8) is 0 Å². The van der Waals surface area contributed by atoms with E-state index in [1.54, 1.807) is 18.3 Å². The lowest BCUT2D eigenvalue weighted by molar-refractivity contribution is 0.0900. The van der Waals surface area contributed by atoms with Crippen LogP contribution in [-0.2, 0) is 6.54 Å². The highest BCUT2D eigenvalue weighted by molar-refractivity contribution is 7.25. The van der Waals surface area contributed by atoms with Crippen molar-refractivity contribution in [2.45, 2.75) is 32.4 Å². The summed E-state index contributed by atoms with van der Waals surface area (Å²) in [6.45, 7) is 2.49. The van der Waals surface area contributed by atoms with Gasteiger partial charge in [0.25, 0.3) is 5.91 Å². The van der Waals surface area contributed by atoms with E-state index < -0.39 is 0 Å². The van der Waals surface area contributed by atoms with E-state index in [9.17, 15) is 9.90 Å². The molecule has 0 bridgehead atoms. The number of carbonyl (C=O) groups excluding carboxylic acids is 1. The number of nitrogens with one attached hydrogen (secondary N) is 2. The van der Waals surface area contributed by atoms with Crippen LogP contribution in [0.1, 0.15) is 35.7 Å². The van der Waals surface area contributed by atoms with Crippen molar-refractivity contribution in [1.82, 2.24) is 25.5 Å². The van der Waals surface area contributed by atoms with Gasteiger partial charge < -0.3 is 15.7 Å². The molecule has 1 unspecified atom stereocenters. The minimum atomic E-state index is -0.231. The summed E-state index contributed by atoms with van der Waals surface area (Å²) < 4.78 is 0.914. The fourth-order valence-corrected chi connectivity index (χ4v) is 5.14. The molecule has 1 atom stereocenters. The summed E-state index contributed by atoms with van der Waals surface area (Å²) in [5, 5.41) is 25.3. The van der Waals surface area contributed by atoms with Crippen LogP contribution < -0.4 is 10.6 Å². The van der Waals surface area contributed by atoms with Gasteiger partial charge in [-0.15, -0.1) is 16.4 Å². The lowest BCUT2D eigenvalue weighted by Crippen LogP contribution is -2.40. The molecule has 0 aliphatic heterocycles. The van der Waals surface area contributed by atoms with E-state index in [1.165, 1.54) is 17.7 Å². The Hall–Kier alpha value is -2.88. The second kappa shape index (κ2) is 8.23. The Morgan fingerprint density at radius 1 is 1.31 bits per heavy atom. The zero-order chi connectivity index (χ0) is 22.3. The Labute approximate surface area is 193 Å². The number of carbonyl (C=O) groups is 1. The molecule has 1 saturated carbocycles. The van der Waals surface area contributed by atoms with Gasteiger partial charge in [0.1, 0.15) is 17.0 Å². The summed E-state index contributed by atoms with van der Waals surface area (Å²) in [4.78, 5) is 22.3. The first kappa shape index (κ1) is 21.0. The zero-order valence-corrected chi connectivity index (χ0v) is 18.9. The number of anilines is 1. The topological polar surface area (TPSA) is 113 Å². The number of nitrogens with zero attached hydrogens (tertiary/aromatic N) is 4. The molecule has 1 aliphatic carbocycles. The van der Waals surface area contributed by atoms with Crippen molar-refractivity contribution in [3.8, 4) is 0 Å². The lowest BCUT2D eigenvalue weighted by atomic mass is 9.98. The Kier molecular flexibility index (Phi) is 5.40. The molecule has 5 rings (SSSR count). The number of halogens is 1. The van der Waals surface area contributed by atoms with Crippen molar-refractivity contribution in [2.24, 2.45) is 5.41 Å². The third-order valence-electron chi connectivity index (χ3n) is 6.16. The van der Waals surface area contributed by atoms with Gasteiger partial charge in [-0.3, -0.25) is 4.79 Å². The molecule has 8 nitrogen and oxygen atoms in total. The van der Waals surface area contributed by atoms with Crippen molar-refractivity contribution in [3.05, 3.63) is 52.9 Å². The highest BCUT2D eigenvalue weighted by Gasteiger charge is 2.47. The standard InChI is InChI=1S/C22H21ClN6O2S/c1-12(22(10-30)5-6-22)28-20(31)14-3-2-13(8-16(14)23)9-24-19-18-17(25-11-26-19)15-4-7-27-29-21(15)32-18/h2-4,7-8,11-12,30H,5-6,9-10H2,1H3,(H,28,31)(H,24,25,26). The smallest absolute Gasteiger partial charge is 0.253 e. The number of hydrogen-bond acceptors (Lipinski definition) is 8. The maximum absolute atomic E-state index is 12.7. The summed E-state index contributed by atoms with van der Waals surface area (Å²) >= 11 is 7.91. The molecule has 1 fully saturated rings. The summed E-state index contributed by atoms with van der Waals surface area (Å²) in [6.07, 6.45) is 5.02. The Morgan fingerprint density at radius 2 is 2.16 bits per heavy atom. The number of amides is 1. The molecular formula is C22H21ClN6O2S. The molecule has 164 valence electrons. The lowest BCUT2D eigenvalue weighted by Gasteiger charge is -2.22. The molecule has 0 spiro atoms. The van der Waals surface area contributed by atoms with Crippen molar-refractivity contribution < 1.29 is 9.90 Å². The van der Waals surface area contributed by atoms with Gasteiger partial charge >= 0.3 is 0 Å². The molecule has 0 radical (unpaired) electrons. The number of hydrogen-bond donors (Lipinski definition) is 3. The normalized spacial score (nSPS) is 15.6. The van der Waals surface area contributed by atoms with Gasteiger partial charge in [-0.1, -0.05) is 17.7 Å². The molecule has 3 heterocycles. The van der Waals surface area contributed by atoms with Gasteiger partial charge in [-0.05, 0) is 43.5 Å². The maximum atomic E-state index is 12.7. The van der Waals surface area contributed by atoms with Crippen LogP contribution in [0.25, 0.3) is 20.4 Å². The van der Waals surface area contributed by atoms with E-state index in [1.807, 2.05) is 19.1 Å². The van der Waals surface area contributed by atoms with Gasteiger partial charge in [0, 0.05) is 23.4 Å². The average Bonchev–Trinajstić information content (AvgIpc) is 3.52. The number of aromatic nitrogens is 4. The van der Waals surface area contributed by atoms with Crippen LogP contribution in [0, 0.1) is 5.41 Å². The maximum Gasteiger partial charge on any atom is 0.253 e. The molecule has 4 aromatic rings. The van der Waals surface area contributed by atoms with Gasteiger partial charge in [0.2, 0.25) is 0 Å². The molecule has 1 aliphatic rings. The van der Waals surface area contributed by atoms with Gasteiger partial charge in [-0.2, -0.15) is 5.10 Å². The van der Waals surface area contributed by atoms with E-state index in [0.29, 0.717) is 22.9 Å². The van der Waals surface area contributed by atoms with Crippen molar-refractivity contribution >= 4 is 55.1 Å². The number of fused-ring (bicyclic) bond motifs is 3. The monoisotopic (exact) mass is 468 g/mol. The first-order chi connectivity index (χ1) is 15.5. The molecule has 0 saturated heterocycles. The van der Waals surface area contributed by atoms with Crippen LogP contribution in [0.5, 0.6) is 0 Å². The van der Waals surface area contributed by atoms with E-state index >= 15 is 0 Å². The summed E-state index contributed by atoms with van der Waals surface area (Å²) in [5.41, 5.74) is 1.99. The van der Waals surface area contributed by atoms with Gasteiger partial charge in [0.05, 0.1) is 33.6 Å². The Morgan fingerprint density at radius 3 is 2.91 bits per heavy atom. The Balaban J connectivity index is 1.31. The summed E-state index contributed by atoms with van der Waals surface area (Å²) in [6, 6.07) is 7.16. The second-order valence-electron chi connectivity index (χ2n) is 8.14. The minimum absolute atomic E-state index is 0.0788. The number of benzene rings is 1. The molecule has 10 heteroatoms. The quantitative estimate of drug-likeness (QED) is 0.378. The van der Waals surface area contributed by atoms with Crippen LogP contribution in [0.4, 0.5) is 5.82 Å². The van der Waals surface area contributed by atoms with Gasteiger partial charge in [-0.25, -0.2) is 9.97 Å². The second-order valence-corrected chi connectivity index (χ2v) is 9.54. The Bertz CT molecular complexity index is 1320. The van der Waals surface area contributed by atoms with Crippen LogP contribution >= 0.6 is 22.9 Å². The highest BCUT2D eigenvalue weighted by atomic mass is 35.5. The average molecular weight is 469 g/mol.